The standard InChI is InChI=1S/C2H3Cl2F/c3-2(4)1-5/h2H,1H2/i1D. The Hall–Kier alpha value is 0.510. The van der Waals surface area contributed by atoms with Crippen LogP contribution in [-0.4, -0.2) is 11.5 Å². The Balaban J connectivity index is 2.99. The molecule has 3 heteroatoms. The molecule has 0 heterocycles. The predicted octanol–water partition coefficient (Wildman–Crippen LogP) is 1.76. The van der Waals surface area contributed by atoms with E-state index < -0.39 is 11.5 Å². The largest absolute Gasteiger partial charge is 0.248 e. The molecular formula is C2H3Cl2F. The molecular weight excluding hydrogens is 114 g/mol. The fraction of sp³-hybridized carbons (Fsp3) is 1.00. The summed E-state index contributed by atoms with van der Waals surface area (Å²) >= 11 is 9.63. The van der Waals surface area contributed by atoms with Crippen LogP contribution < -0.4 is 0 Å². The fourth-order valence-corrected chi connectivity index (χ4v) is 0. The minimum atomic E-state index is -1.87. The lowest BCUT2D eigenvalue weighted by Gasteiger charge is -1.81. The van der Waals surface area contributed by atoms with Crippen molar-refractivity contribution in [3.8, 4) is 0 Å². The number of alkyl halides is 3. The van der Waals surface area contributed by atoms with Crippen molar-refractivity contribution >= 4 is 23.2 Å². The summed E-state index contributed by atoms with van der Waals surface area (Å²) in [6, 6.07) is 0. The van der Waals surface area contributed by atoms with Gasteiger partial charge in [-0.2, -0.15) is 0 Å². The first-order chi connectivity index (χ1) is 2.64. The zero-order valence-corrected chi connectivity index (χ0v) is 3.80. The second-order valence-corrected chi connectivity index (χ2v) is 1.62. The van der Waals surface area contributed by atoms with Crippen LogP contribution in [0.5, 0.6) is 0 Å². The number of hydrogen-bond donors (Lipinski definition) is 0. The highest BCUT2D eigenvalue weighted by Gasteiger charge is 1.90. The van der Waals surface area contributed by atoms with Gasteiger partial charge in [-0.3, -0.25) is 0 Å². The molecule has 0 saturated carbocycles. The molecule has 0 aliphatic heterocycles. The van der Waals surface area contributed by atoms with Gasteiger partial charge >= 0.3 is 0 Å². The maximum Gasteiger partial charge on any atom is 0.136 e. The van der Waals surface area contributed by atoms with Crippen LogP contribution in [0.15, 0.2) is 0 Å². The Kier molecular flexibility index (Phi) is 2.02. The average molecular weight is 118 g/mol. The molecule has 0 radical (unpaired) electrons. The molecule has 0 aromatic rings. The van der Waals surface area contributed by atoms with Gasteiger partial charge in [-0.1, -0.05) is 0 Å². The van der Waals surface area contributed by atoms with E-state index in [2.05, 4.69) is 0 Å². The molecule has 0 N–H and O–H groups in total. The van der Waals surface area contributed by atoms with Gasteiger partial charge in [0.1, 0.15) is 11.5 Å². The average Bonchev–Trinajstić information content (AvgIpc) is 1.36. The Bertz CT molecular complexity index is 32.5. The third-order valence-corrected chi connectivity index (χ3v) is 0.286. The van der Waals surface area contributed by atoms with Crippen molar-refractivity contribution in [1.29, 1.82) is 0 Å². The lowest BCUT2D eigenvalue weighted by molar-refractivity contribution is 0.517. The molecule has 0 rings (SSSR count). The predicted molar refractivity (Wildman–Crippen MR) is 21.5 cm³/mol. The van der Waals surface area contributed by atoms with Gasteiger partial charge in [-0.05, 0) is 0 Å². The van der Waals surface area contributed by atoms with Crippen molar-refractivity contribution in [3.63, 3.8) is 0 Å². The maximum absolute atomic E-state index is 11.2. The van der Waals surface area contributed by atoms with E-state index in [0.29, 0.717) is 0 Å². The molecule has 0 fully saturated rings. The number of halogens is 3. The van der Waals surface area contributed by atoms with Crippen molar-refractivity contribution in [1.82, 2.24) is 0 Å². The van der Waals surface area contributed by atoms with Crippen LogP contribution in [0.1, 0.15) is 1.37 Å². The summed E-state index contributed by atoms with van der Waals surface area (Å²) in [5.74, 6) is 0. The number of hydrogen-bond acceptors (Lipinski definition) is 0. The van der Waals surface area contributed by atoms with Crippen LogP contribution in [0.3, 0.4) is 0 Å². The molecule has 1 atom stereocenters. The summed E-state index contributed by atoms with van der Waals surface area (Å²) in [5.41, 5.74) is 0. The van der Waals surface area contributed by atoms with Gasteiger partial charge < -0.3 is 0 Å². The first-order valence-corrected chi connectivity index (χ1v) is 1.86. The summed E-state index contributed by atoms with van der Waals surface area (Å²) in [6.45, 7) is -1.87. The van der Waals surface area contributed by atoms with Crippen LogP contribution in [0, 0.1) is 0 Å². The van der Waals surface area contributed by atoms with Crippen molar-refractivity contribution in [2.45, 2.75) is 4.84 Å². The summed E-state index contributed by atoms with van der Waals surface area (Å²) < 4.78 is 17.3. The molecule has 0 aliphatic rings. The maximum atomic E-state index is 11.2. The summed E-state index contributed by atoms with van der Waals surface area (Å²) in [6.07, 6.45) is 0. The summed E-state index contributed by atoms with van der Waals surface area (Å²) in [5, 5.41) is 0. The smallest absolute Gasteiger partial charge is 0.136 e. The van der Waals surface area contributed by atoms with Gasteiger partial charge in [0.2, 0.25) is 0 Å². The van der Waals surface area contributed by atoms with E-state index in [1.807, 2.05) is 0 Å². The van der Waals surface area contributed by atoms with Gasteiger partial charge in [0.25, 0.3) is 0 Å². The summed E-state index contributed by atoms with van der Waals surface area (Å²) in [4.78, 5) is -1.20. The minimum absolute atomic E-state index is 1.20. The van der Waals surface area contributed by atoms with Crippen LogP contribution in [0.4, 0.5) is 4.39 Å². The van der Waals surface area contributed by atoms with Crippen molar-refractivity contribution in [2.75, 3.05) is 6.65 Å². The highest BCUT2D eigenvalue weighted by Crippen LogP contribution is 1.99. The second kappa shape index (κ2) is 2.73. The van der Waals surface area contributed by atoms with E-state index in [4.69, 9.17) is 24.6 Å². The highest BCUT2D eigenvalue weighted by molar-refractivity contribution is 6.44. The van der Waals surface area contributed by atoms with Gasteiger partial charge in [0, 0.05) is 0 Å². The van der Waals surface area contributed by atoms with E-state index in [9.17, 15) is 4.39 Å². The first kappa shape index (κ1) is 3.69. The molecule has 0 nitrogen and oxygen atoms in total. The van der Waals surface area contributed by atoms with Crippen LogP contribution in [-0.2, 0) is 0 Å². The van der Waals surface area contributed by atoms with Crippen molar-refractivity contribution < 1.29 is 5.76 Å². The molecule has 0 bridgehead atoms. The quantitative estimate of drug-likeness (QED) is 0.460. The van der Waals surface area contributed by atoms with Crippen LogP contribution in [0.2, 0.25) is 0 Å². The molecule has 0 saturated heterocycles. The van der Waals surface area contributed by atoms with Gasteiger partial charge in [0.05, 0.1) is 1.37 Å². The van der Waals surface area contributed by atoms with E-state index in [-0.39, 0.29) is 0 Å². The first-order valence-electron chi connectivity index (χ1n) is 1.57. The van der Waals surface area contributed by atoms with Crippen LogP contribution in [0.25, 0.3) is 0 Å². The van der Waals surface area contributed by atoms with Gasteiger partial charge in [-0.25, -0.2) is 4.39 Å². The lowest BCUT2D eigenvalue weighted by atomic mass is 10.9. The third kappa shape index (κ3) is 4.51. The van der Waals surface area contributed by atoms with E-state index >= 15 is 0 Å². The van der Waals surface area contributed by atoms with Gasteiger partial charge in [0.15, 0.2) is 0 Å². The Morgan fingerprint density at radius 3 is 2.20 bits per heavy atom. The Morgan fingerprint density at radius 2 is 2.20 bits per heavy atom. The van der Waals surface area contributed by atoms with Crippen molar-refractivity contribution in [3.05, 3.63) is 0 Å². The zero-order valence-electron chi connectivity index (χ0n) is 3.29. The lowest BCUT2D eigenvalue weighted by Crippen LogP contribution is -1.84. The Morgan fingerprint density at radius 1 is 2.00 bits per heavy atom. The molecule has 0 amide bonds. The fourth-order valence-electron chi connectivity index (χ4n) is 0. The molecule has 0 aliphatic carbocycles. The number of rotatable bonds is 1. The summed E-state index contributed by atoms with van der Waals surface area (Å²) in [7, 11) is 0. The third-order valence-electron chi connectivity index (χ3n) is 0.0952. The van der Waals surface area contributed by atoms with Crippen molar-refractivity contribution in [2.24, 2.45) is 0 Å². The highest BCUT2D eigenvalue weighted by atomic mass is 35.5. The van der Waals surface area contributed by atoms with E-state index in [1.165, 1.54) is 0 Å². The van der Waals surface area contributed by atoms with Gasteiger partial charge in [-0.15, -0.1) is 23.2 Å². The van der Waals surface area contributed by atoms with Crippen LogP contribution >= 0.6 is 23.2 Å². The molecule has 32 valence electrons. The Labute approximate surface area is 41.3 Å². The second-order valence-electron chi connectivity index (χ2n) is 0.460. The molecule has 0 spiro atoms. The molecule has 1 unspecified atom stereocenters. The minimum Gasteiger partial charge on any atom is -0.248 e. The molecule has 5 heavy (non-hydrogen) atoms. The van der Waals surface area contributed by atoms with E-state index in [0.717, 1.165) is 0 Å². The zero-order chi connectivity index (χ0) is 5.15. The SMILES string of the molecule is [2H]C(F)C(Cl)Cl. The monoisotopic (exact) mass is 117 g/mol. The molecule has 0 aromatic carbocycles. The normalized spacial score (nSPS) is 18.8. The molecule has 0 aromatic heterocycles. The topological polar surface area (TPSA) is 0 Å². The van der Waals surface area contributed by atoms with E-state index in [1.54, 1.807) is 0 Å².